The molecule has 0 N–H and O–H groups in total. The first-order valence-corrected chi connectivity index (χ1v) is 10.0. The number of nitrogens with zero attached hydrogens (tertiary/aromatic N) is 1. The minimum atomic E-state index is -4.30. The van der Waals surface area contributed by atoms with Crippen LogP contribution in [0.4, 0.5) is 13.2 Å². The fourth-order valence-electron chi connectivity index (χ4n) is 3.32. The van der Waals surface area contributed by atoms with Crippen molar-refractivity contribution >= 4 is 13.2 Å². The normalized spacial score (nSPS) is 21.9. The Balaban J connectivity index is 1.97. The quantitative estimate of drug-likeness (QED) is 0.597. The van der Waals surface area contributed by atoms with Crippen molar-refractivity contribution in [2.45, 2.75) is 25.6 Å². The summed E-state index contributed by atoms with van der Waals surface area (Å²) >= 11 is 0. The summed E-state index contributed by atoms with van der Waals surface area (Å²) < 4.78 is 38.8. The lowest BCUT2D eigenvalue weighted by atomic mass is 10.0. The summed E-state index contributed by atoms with van der Waals surface area (Å²) in [5.74, 6) is 0.278. The third-order valence-electron chi connectivity index (χ3n) is 5.01. The van der Waals surface area contributed by atoms with Gasteiger partial charge in [-0.05, 0) is 63.4 Å². The molecular formula is C21H23F3NP. The van der Waals surface area contributed by atoms with Crippen LogP contribution in [0.5, 0.6) is 0 Å². The molecule has 2 aliphatic rings. The third kappa shape index (κ3) is 3.87. The first-order chi connectivity index (χ1) is 12.3. The lowest BCUT2D eigenvalue weighted by molar-refractivity contribution is -0.137. The fraction of sp³-hybridized carbons (Fsp3) is 0.333. The topological polar surface area (TPSA) is 3.24 Å². The highest BCUT2D eigenvalue weighted by molar-refractivity contribution is 7.73. The second-order valence-corrected chi connectivity index (χ2v) is 9.15. The SMILES string of the molecule is C[C@H]([C@@H]1C=CC=C1P(C1=CC=CC1)c1ccc(C(F)(F)F)cc1)N(C)C. The van der Waals surface area contributed by atoms with Crippen LogP contribution in [0.25, 0.3) is 0 Å². The maximum atomic E-state index is 12.9. The Bertz CT molecular complexity index is 769. The van der Waals surface area contributed by atoms with Gasteiger partial charge in [-0.2, -0.15) is 13.2 Å². The van der Waals surface area contributed by atoms with Gasteiger partial charge in [0.05, 0.1) is 5.56 Å². The van der Waals surface area contributed by atoms with Crippen LogP contribution in [0, 0.1) is 5.92 Å². The van der Waals surface area contributed by atoms with Crippen molar-refractivity contribution in [3.05, 3.63) is 76.9 Å². The van der Waals surface area contributed by atoms with Crippen molar-refractivity contribution in [2.75, 3.05) is 14.1 Å². The van der Waals surface area contributed by atoms with Crippen molar-refractivity contribution in [3.8, 4) is 0 Å². The largest absolute Gasteiger partial charge is 0.416 e. The number of rotatable bonds is 5. The van der Waals surface area contributed by atoms with Crippen LogP contribution in [0.3, 0.4) is 0 Å². The van der Waals surface area contributed by atoms with E-state index in [9.17, 15) is 13.2 Å². The molecule has 0 aromatic heterocycles. The minimum absolute atomic E-state index is 0.278. The van der Waals surface area contributed by atoms with E-state index in [-0.39, 0.29) is 5.92 Å². The van der Waals surface area contributed by atoms with E-state index in [2.05, 4.69) is 56.3 Å². The Morgan fingerprint density at radius 1 is 1.08 bits per heavy atom. The predicted octanol–water partition coefficient (Wildman–Crippen LogP) is 5.68. The standard InChI is InChI=1S/C21H23F3NP/c1-15(25(2)3)19-9-6-10-20(19)26(17-7-4-5-8-17)18-13-11-16(12-14-18)21(22,23)24/h4-7,9-15,19H,8H2,1-3H3/t15-,19+,26?/m1/s1. The van der Waals surface area contributed by atoms with Crippen molar-refractivity contribution in [1.82, 2.24) is 4.90 Å². The predicted molar refractivity (Wildman–Crippen MR) is 104 cm³/mol. The zero-order valence-corrected chi connectivity index (χ0v) is 16.1. The number of alkyl halides is 3. The molecule has 0 saturated heterocycles. The Kier molecular flexibility index (Phi) is 5.55. The van der Waals surface area contributed by atoms with Gasteiger partial charge in [0.25, 0.3) is 0 Å². The van der Waals surface area contributed by atoms with E-state index in [4.69, 9.17) is 0 Å². The van der Waals surface area contributed by atoms with Gasteiger partial charge in [-0.3, -0.25) is 0 Å². The smallest absolute Gasteiger partial charge is 0.306 e. The van der Waals surface area contributed by atoms with Crippen molar-refractivity contribution in [2.24, 2.45) is 5.92 Å². The number of hydrogen-bond acceptors (Lipinski definition) is 1. The van der Waals surface area contributed by atoms with Crippen LogP contribution >= 0.6 is 7.92 Å². The molecule has 1 nitrogen and oxygen atoms in total. The van der Waals surface area contributed by atoms with Gasteiger partial charge in [-0.15, -0.1) is 0 Å². The van der Waals surface area contributed by atoms with Gasteiger partial charge in [0, 0.05) is 12.0 Å². The zero-order chi connectivity index (χ0) is 18.9. The van der Waals surface area contributed by atoms with E-state index in [1.54, 1.807) is 12.1 Å². The molecule has 1 aromatic carbocycles. The second-order valence-electron chi connectivity index (χ2n) is 6.88. The van der Waals surface area contributed by atoms with Gasteiger partial charge in [-0.1, -0.05) is 48.6 Å². The average Bonchev–Trinajstić information content (AvgIpc) is 3.26. The molecule has 2 aliphatic carbocycles. The first kappa shape index (κ1) is 19.1. The van der Waals surface area contributed by atoms with Crippen LogP contribution in [-0.4, -0.2) is 25.0 Å². The summed E-state index contributed by atoms with van der Waals surface area (Å²) in [6.07, 6.45) is 9.31. The molecule has 0 radical (unpaired) electrons. The molecule has 1 unspecified atom stereocenters. The van der Waals surface area contributed by atoms with Crippen molar-refractivity contribution in [1.29, 1.82) is 0 Å². The molecule has 1 aromatic rings. The Morgan fingerprint density at radius 2 is 1.77 bits per heavy atom. The summed E-state index contributed by atoms with van der Waals surface area (Å²) in [4.78, 5) is 2.19. The van der Waals surface area contributed by atoms with E-state index in [0.29, 0.717) is 6.04 Å². The zero-order valence-electron chi connectivity index (χ0n) is 15.2. The molecule has 0 bridgehead atoms. The molecule has 0 aliphatic heterocycles. The molecule has 0 saturated carbocycles. The number of halogens is 3. The van der Waals surface area contributed by atoms with E-state index in [1.807, 2.05) is 6.08 Å². The summed E-state index contributed by atoms with van der Waals surface area (Å²) in [7, 11) is 3.32. The molecule has 138 valence electrons. The molecule has 0 spiro atoms. The molecule has 0 heterocycles. The fourth-order valence-corrected chi connectivity index (χ4v) is 6.09. The summed E-state index contributed by atoms with van der Waals surface area (Å²) in [6, 6.07) is 6.06. The first-order valence-electron chi connectivity index (χ1n) is 8.67. The summed E-state index contributed by atoms with van der Waals surface area (Å²) in [6.45, 7) is 2.19. The molecule has 3 atom stereocenters. The lowest BCUT2D eigenvalue weighted by Gasteiger charge is -2.32. The van der Waals surface area contributed by atoms with E-state index in [1.165, 1.54) is 22.8 Å². The maximum Gasteiger partial charge on any atom is 0.416 e. The Morgan fingerprint density at radius 3 is 2.31 bits per heavy atom. The summed E-state index contributed by atoms with van der Waals surface area (Å²) in [5.41, 5.74) is -0.591. The molecule has 0 amide bonds. The Labute approximate surface area is 154 Å². The van der Waals surface area contributed by atoms with Gasteiger partial charge in [0.2, 0.25) is 0 Å². The van der Waals surface area contributed by atoms with E-state index >= 15 is 0 Å². The summed E-state index contributed by atoms with van der Waals surface area (Å²) in [5, 5.41) is 3.59. The Hall–Kier alpha value is -1.64. The van der Waals surface area contributed by atoms with Crippen LogP contribution in [0.2, 0.25) is 0 Å². The van der Waals surface area contributed by atoms with Gasteiger partial charge in [-0.25, -0.2) is 0 Å². The number of allylic oxidation sites excluding steroid dienone is 6. The van der Waals surface area contributed by atoms with Crippen LogP contribution < -0.4 is 5.30 Å². The molecule has 3 rings (SSSR count). The highest BCUT2D eigenvalue weighted by Gasteiger charge is 2.33. The van der Waals surface area contributed by atoms with Crippen LogP contribution in [0.1, 0.15) is 18.9 Å². The van der Waals surface area contributed by atoms with Crippen molar-refractivity contribution in [3.63, 3.8) is 0 Å². The van der Waals surface area contributed by atoms with Crippen LogP contribution in [-0.2, 0) is 6.18 Å². The van der Waals surface area contributed by atoms with Gasteiger partial charge in [0.1, 0.15) is 0 Å². The highest BCUT2D eigenvalue weighted by atomic mass is 31.1. The molecule has 5 heteroatoms. The maximum absolute atomic E-state index is 12.9. The van der Waals surface area contributed by atoms with Gasteiger partial charge >= 0.3 is 6.18 Å². The lowest BCUT2D eigenvalue weighted by Crippen LogP contribution is -2.32. The molecule has 0 fully saturated rings. The molecular weight excluding hydrogens is 354 g/mol. The highest BCUT2D eigenvalue weighted by Crippen LogP contribution is 2.58. The average molecular weight is 377 g/mol. The van der Waals surface area contributed by atoms with E-state index in [0.717, 1.165) is 11.7 Å². The monoisotopic (exact) mass is 377 g/mol. The van der Waals surface area contributed by atoms with Gasteiger partial charge in [0.15, 0.2) is 0 Å². The van der Waals surface area contributed by atoms with Crippen LogP contribution in [0.15, 0.2) is 71.3 Å². The second kappa shape index (κ2) is 7.54. The molecule has 26 heavy (non-hydrogen) atoms. The van der Waals surface area contributed by atoms with Crippen molar-refractivity contribution < 1.29 is 13.2 Å². The third-order valence-corrected chi connectivity index (χ3v) is 7.70. The van der Waals surface area contributed by atoms with Gasteiger partial charge < -0.3 is 4.90 Å². The minimum Gasteiger partial charge on any atom is -0.306 e. The number of benzene rings is 1. The van der Waals surface area contributed by atoms with E-state index < -0.39 is 19.7 Å². The number of hydrogen-bond donors (Lipinski definition) is 0.